The molecule has 0 nitrogen and oxygen atoms in total. The molecule has 0 heterocycles. The third kappa shape index (κ3) is 3.38. The molecule has 0 bridgehead atoms. The van der Waals surface area contributed by atoms with E-state index in [-0.39, 0.29) is 0 Å². The minimum absolute atomic E-state index is 1.28. The summed E-state index contributed by atoms with van der Waals surface area (Å²) in [6.07, 6.45) is 0. The fraction of sp³-hybridized carbons (Fsp3) is 0.0769. The van der Waals surface area contributed by atoms with Crippen LogP contribution >= 0.6 is 0 Å². The lowest BCUT2D eigenvalue weighted by Crippen LogP contribution is -2.37. The molecule has 8 rings (SSSR count). The summed E-state index contributed by atoms with van der Waals surface area (Å²) in [6.45, 7) is 7.33. The Hall–Kier alpha value is -4.46. The standard InChI is InChI=1S/C39H30Si/c1-40(2,3)29-20-23-34-35(24-29)37(25-10-5-4-6-11-25)30-14-7-8-15-31(30)39(34)33-22-19-28-17-16-26-12-9-13-27-18-21-32(33)38(28)36(26)27/h4-24H,1-3H3. The maximum absolute atomic E-state index is 2.51. The molecule has 0 saturated heterocycles. The lowest BCUT2D eigenvalue weighted by molar-refractivity contribution is 1.66. The van der Waals surface area contributed by atoms with E-state index in [4.69, 9.17) is 0 Å². The van der Waals surface area contributed by atoms with Gasteiger partial charge in [-0.1, -0.05) is 152 Å². The van der Waals surface area contributed by atoms with Gasteiger partial charge in [0.1, 0.15) is 0 Å². The lowest BCUT2D eigenvalue weighted by atomic mass is 9.83. The average molecular weight is 527 g/mol. The van der Waals surface area contributed by atoms with Crippen molar-refractivity contribution in [1.29, 1.82) is 0 Å². The van der Waals surface area contributed by atoms with Gasteiger partial charge in [0.2, 0.25) is 0 Å². The van der Waals surface area contributed by atoms with Gasteiger partial charge >= 0.3 is 0 Å². The summed E-state index contributed by atoms with van der Waals surface area (Å²) in [7, 11) is -1.53. The van der Waals surface area contributed by atoms with Crippen molar-refractivity contribution in [3.05, 3.63) is 127 Å². The minimum Gasteiger partial charge on any atom is -0.0656 e. The summed E-state index contributed by atoms with van der Waals surface area (Å²) in [4.78, 5) is 0. The normalized spacial score (nSPS) is 12.4. The Balaban J connectivity index is 1.58. The molecular weight excluding hydrogens is 497 g/mol. The predicted octanol–water partition coefficient (Wildman–Crippen LogP) is 10.8. The Morgan fingerprint density at radius 1 is 0.400 bits per heavy atom. The van der Waals surface area contributed by atoms with Crippen molar-refractivity contribution in [3.8, 4) is 22.3 Å². The number of fused-ring (bicyclic) bond motifs is 2. The van der Waals surface area contributed by atoms with E-state index in [0.717, 1.165) is 0 Å². The van der Waals surface area contributed by atoms with Crippen LogP contribution < -0.4 is 5.19 Å². The van der Waals surface area contributed by atoms with Crippen LogP contribution in [0.1, 0.15) is 0 Å². The summed E-state index contributed by atoms with van der Waals surface area (Å²) in [5, 5.41) is 14.8. The van der Waals surface area contributed by atoms with Crippen LogP contribution in [0.5, 0.6) is 0 Å². The summed E-state index contributed by atoms with van der Waals surface area (Å²) < 4.78 is 0. The van der Waals surface area contributed by atoms with Crippen LogP contribution in [0.4, 0.5) is 0 Å². The first-order valence-corrected chi connectivity index (χ1v) is 17.7. The van der Waals surface area contributed by atoms with Gasteiger partial charge in [-0.2, -0.15) is 0 Å². The van der Waals surface area contributed by atoms with Crippen molar-refractivity contribution >= 4 is 67.1 Å². The molecule has 0 unspecified atom stereocenters. The highest BCUT2D eigenvalue weighted by Gasteiger charge is 2.22. The Bertz CT molecular complexity index is 2220. The van der Waals surface area contributed by atoms with Gasteiger partial charge in [0.15, 0.2) is 0 Å². The number of hydrogen-bond acceptors (Lipinski definition) is 0. The van der Waals surface area contributed by atoms with E-state index in [9.17, 15) is 0 Å². The van der Waals surface area contributed by atoms with Gasteiger partial charge in [0.05, 0.1) is 8.07 Å². The fourth-order valence-electron chi connectivity index (χ4n) is 6.80. The van der Waals surface area contributed by atoms with Crippen molar-refractivity contribution in [2.24, 2.45) is 0 Å². The largest absolute Gasteiger partial charge is 0.0776 e. The van der Waals surface area contributed by atoms with Gasteiger partial charge in [-0.05, 0) is 76.1 Å². The third-order valence-electron chi connectivity index (χ3n) is 8.75. The maximum atomic E-state index is 2.51. The van der Waals surface area contributed by atoms with Crippen molar-refractivity contribution in [1.82, 2.24) is 0 Å². The molecule has 0 fully saturated rings. The summed E-state index contributed by atoms with van der Waals surface area (Å²) >= 11 is 0. The van der Waals surface area contributed by atoms with Crippen molar-refractivity contribution in [2.75, 3.05) is 0 Å². The Kier molecular flexibility index (Phi) is 4.99. The molecule has 0 N–H and O–H groups in total. The minimum atomic E-state index is -1.53. The highest BCUT2D eigenvalue weighted by Crippen LogP contribution is 2.47. The molecule has 1 heteroatoms. The SMILES string of the molecule is C[Si](C)(C)c1ccc2c(-c3ccc4ccc5cccc6ccc3c4c56)c3ccccc3c(-c3ccccc3)c2c1. The van der Waals surface area contributed by atoms with E-state index < -0.39 is 8.07 Å². The molecule has 0 aromatic heterocycles. The van der Waals surface area contributed by atoms with Crippen molar-refractivity contribution < 1.29 is 0 Å². The Morgan fingerprint density at radius 3 is 1.70 bits per heavy atom. The molecule has 0 radical (unpaired) electrons. The van der Waals surface area contributed by atoms with Gasteiger partial charge in [0.25, 0.3) is 0 Å². The Labute approximate surface area is 235 Å². The van der Waals surface area contributed by atoms with E-state index >= 15 is 0 Å². The van der Waals surface area contributed by atoms with E-state index in [0.29, 0.717) is 0 Å². The van der Waals surface area contributed by atoms with Crippen LogP contribution in [0.2, 0.25) is 19.6 Å². The second-order valence-electron chi connectivity index (χ2n) is 12.1. The van der Waals surface area contributed by atoms with E-state index in [1.165, 1.54) is 81.3 Å². The number of hydrogen-bond donors (Lipinski definition) is 0. The van der Waals surface area contributed by atoms with Crippen LogP contribution in [0.15, 0.2) is 127 Å². The maximum Gasteiger partial charge on any atom is 0.0776 e. The zero-order chi connectivity index (χ0) is 27.0. The quantitative estimate of drug-likeness (QED) is 0.122. The highest BCUT2D eigenvalue weighted by molar-refractivity contribution is 6.88. The molecule has 8 aromatic rings. The van der Waals surface area contributed by atoms with Crippen LogP contribution in [0.25, 0.3) is 76.1 Å². The first-order valence-electron chi connectivity index (χ1n) is 14.2. The zero-order valence-electron chi connectivity index (χ0n) is 23.1. The molecular formula is C39H30Si. The van der Waals surface area contributed by atoms with Crippen molar-refractivity contribution in [2.45, 2.75) is 19.6 Å². The van der Waals surface area contributed by atoms with Crippen LogP contribution in [-0.4, -0.2) is 8.07 Å². The number of rotatable bonds is 3. The molecule has 0 aliphatic heterocycles. The second-order valence-corrected chi connectivity index (χ2v) is 17.2. The van der Waals surface area contributed by atoms with Crippen LogP contribution in [0.3, 0.4) is 0 Å². The van der Waals surface area contributed by atoms with Crippen LogP contribution in [0, 0.1) is 0 Å². The summed E-state index contributed by atoms with van der Waals surface area (Å²) in [5.41, 5.74) is 5.27. The van der Waals surface area contributed by atoms with Crippen molar-refractivity contribution in [3.63, 3.8) is 0 Å². The average Bonchev–Trinajstić information content (AvgIpc) is 2.98. The summed E-state index contributed by atoms with van der Waals surface area (Å²) in [5.74, 6) is 0. The molecule has 0 saturated carbocycles. The molecule has 0 atom stereocenters. The van der Waals surface area contributed by atoms with Gasteiger partial charge in [-0.25, -0.2) is 0 Å². The van der Waals surface area contributed by atoms with Gasteiger partial charge in [-0.15, -0.1) is 0 Å². The first kappa shape index (κ1) is 23.4. The van der Waals surface area contributed by atoms with Gasteiger partial charge in [0, 0.05) is 0 Å². The zero-order valence-corrected chi connectivity index (χ0v) is 24.1. The highest BCUT2D eigenvalue weighted by atomic mass is 28.3. The molecule has 0 amide bonds. The topological polar surface area (TPSA) is 0 Å². The summed E-state index contributed by atoms with van der Waals surface area (Å²) in [6, 6.07) is 47.8. The molecule has 0 spiro atoms. The Morgan fingerprint density at radius 2 is 0.975 bits per heavy atom. The number of benzene rings is 8. The lowest BCUT2D eigenvalue weighted by Gasteiger charge is -2.23. The fourth-order valence-corrected chi connectivity index (χ4v) is 7.96. The van der Waals surface area contributed by atoms with Gasteiger partial charge < -0.3 is 0 Å². The van der Waals surface area contributed by atoms with E-state index in [2.05, 4.69) is 147 Å². The molecule has 40 heavy (non-hydrogen) atoms. The van der Waals surface area contributed by atoms with E-state index in [1.54, 1.807) is 0 Å². The first-order chi connectivity index (χ1) is 19.5. The third-order valence-corrected chi connectivity index (χ3v) is 10.8. The van der Waals surface area contributed by atoms with Crippen LogP contribution in [-0.2, 0) is 0 Å². The molecule has 0 aliphatic rings. The van der Waals surface area contributed by atoms with Gasteiger partial charge in [-0.3, -0.25) is 0 Å². The monoisotopic (exact) mass is 526 g/mol. The molecule has 190 valence electrons. The van der Waals surface area contributed by atoms with E-state index in [1.807, 2.05) is 0 Å². The smallest absolute Gasteiger partial charge is 0.0656 e. The molecule has 0 aliphatic carbocycles. The second kappa shape index (κ2) is 8.52. The predicted molar refractivity (Wildman–Crippen MR) is 179 cm³/mol. The molecule has 8 aromatic carbocycles.